The van der Waals surface area contributed by atoms with Crippen LogP contribution in [0.1, 0.15) is 22.5 Å². The maximum Gasteiger partial charge on any atom is 0.268 e. The number of hydrogen-bond acceptors (Lipinski definition) is 3. The summed E-state index contributed by atoms with van der Waals surface area (Å²) in [4.78, 5) is 29.4. The molecule has 3 rings (SSSR count). The number of rotatable bonds is 7. The van der Waals surface area contributed by atoms with E-state index in [9.17, 15) is 9.59 Å². The molecule has 0 saturated carbocycles. The number of benzene rings is 2. The molecule has 3 aromatic rings. The SMILES string of the molecule is NC(=O)c1c[nH]c(NC(=O)C[CH]Cc2ccc(-c3ccccc3)cc2)n1. The second-order valence-corrected chi connectivity index (χ2v) is 5.81. The number of carbonyl (C=O) groups excluding carboxylic acids is 2. The van der Waals surface area contributed by atoms with E-state index in [0.717, 1.165) is 11.1 Å². The Hall–Kier alpha value is -3.41. The fraction of sp³-hybridized carbons (Fsp3) is 0.100. The number of nitrogens with zero attached hydrogens (tertiary/aromatic N) is 1. The molecule has 1 radical (unpaired) electrons. The Bertz CT molecular complexity index is 886. The maximum absolute atomic E-state index is 11.9. The lowest BCUT2D eigenvalue weighted by molar-refractivity contribution is -0.115. The summed E-state index contributed by atoms with van der Waals surface area (Å²) in [6.45, 7) is 0. The lowest BCUT2D eigenvalue weighted by atomic mass is 10.0. The van der Waals surface area contributed by atoms with Crippen molar-refractivity contribution in [3.8, 4) is 11.1 Å². The van der Waals surface area contributed by atoms with Gasteiger partial charge in [0.05, 0.1) is 0 Å². The van der Waals surface area contributed by atoms with Gasteiger partial charge in [-0.1, -0.05) is 54.6 Å². The van der Waals surface area contributed by atoms with Crippen LogP contribution in [0.25, 0.3) is 11.1 Å². The largest absolute Gasteiger partial charge is 0.364 e. The van der Waals surface area contributed by atoms with Crippen molar-refractivity contribution in [2.24, 2.45) is 5.73 Å². The number of aromatic nitrogens is 2. The van der Waals surface area contributed by atoms with Gasteiger partial charge >= 0.3 is 0 Å². The first-order chi connectivity index (χ1) is 12.6. The normalized spacial score (nSPS) is 10.5. The molecule has 0 bridgehead atoms. The van der Waals surface area contributed by atoms with E-state index in [1.165, 1.54) is 11.8 Å². The summed E-state index contributed by atoms with van der Waals surface area (Å²) in [5.41, 5.74) is 8.67. The molecule has 0 aliphatic rings. The van der Waals surface area contributed by atoms with Crippen LogP contribution in [-0.2, 0) is 11.2 Å². The van der Waals surface area contributed by atoms with E-state index in [4.69, 9.17) is 5.73 Å². The number of carbonyl (C=O) groups is 2. The zero-order valence-electron chi connectivity index (χ0n) is 14.1. The van der Waals surface area contributed by atoms with Crippen LogP contribution in [0.15, 0.2) is 60.8 Å². The third-order valence-electron chi connectivity index (χ3n) is 3.86. The zero-order valence-corrected chi connectivity index (χ0v) is 14.1. The maximum atomic E-state index is 11.9. The smallest absolute Gasteiger partial charge is 0.268 e. The molecule has 6 nitrogen and oxygen atoms in total. The number of H-pyrrole nitrogens is 1. The van der Waals surface area contributed by atoms with E-state index in [-0.39, 0.29) is 24.0 Å². The Kier molecular flexibility index (Phi) is 5.43. The fourth-order valence-corrected chi connectivity index (χ4v) is 2.53. The molecule has 0 saturated heterocycles. The Morgan fingerprint density at radius 1 is 1.04 bits per heavy atom. The van der Waals surface area contributed by atoms with Gasteiger partial charge < -0.3 is 10.7 Å². The lowest BCUT2D eigenvalue weighted by Crippen LogP contribution is -2.14. The fourth-order valence-electron chi connectivity index (χ4n) is 2.53. The Labute approximate surface area is 151 Å². The first kappa shape index (κ1) is 17.4. The highest BCUT2D eigenvalue weighted by Gasteiger charge is 2.09. The highest BCUT2D eigenvalue weighted by Crippen LogP contribution is 2.19. The summed E-state index contributed by atoms with van der Waals surface area (Å²) in [7, 11) is 0. The van der Waals surface area contributed by atoms with Gasteiger partial charge in [0, 0.05) is 12.6 Å². The van der Waals surface area contributed by atoms with Crippen molar-refractivity contribution in [1.82, 2.24) is 9.97 Å². The third kappa shape index (κ3) is 4.57. The first-order valence-electron chi connectivity index (χ1n) is 8.23. The van der Waals surface area contributed by atoms with Crippen molar-refractivity contribution in [3.63, 3.8) is 0 Å². The summed E-state index contributed by atoms with van der Waals surface area (Å²) in [6, 6.07) is 18.4. The average molecular weight is 347 g/mol. The number of imidazole rings is 1. The molecule has 26 heavy (non-hydrogen) atoms. The van der Waals surface area contributed by atoms with Gasteiger partial charge in [0.25, 0.3) is 5.91 Å². The molecular weight excluding hydrogens is 328 g/mol. The predicted octanol–water partition coefficient (Wildman–Crippen LogP) is 2.95. The number of nitrogens with one attached hydrogen (secondary N) is 2. The molecule has 0 aliphatic heterocycles. The quantitative estimate of drug-likeness (QED) is 0.612. The van der Waals surface area contributed by atoms with Gasteiger partial charge in [-0.15, -0.1) is 0 Å². The molecule has 0 unspecified atom stereocenters. The van der Waals surface area contributed by atoms with Crippen LogP contribution >= 0.6 is 0 Å². The number of nitrogens with two attached hydrogens (primary N) is 1. The minimum Gasteiger partial charge on any atom is -0.364 e. The molecule has 0 spiro atoms. The Morgan fingerprint density at radius 2 is 1.73 bits per heavy atom. The number of anilines is 1. The van der Waals surface area contributed by atoms with Gasteiger partial charge in [0.15, 0.2) is 0 Å². The Morgan fingerprint density at radius 3 is 2.38 bits per heavy atom. The van der Waals surface area contributed by atoms with Crippen LogP contribution in [0.5, 0.6) is 0 Å². The van der Waals surface area contributed by atoms with Crippen molar-refractivity contribution in [2.75, 3.05) is 5.32 Å². The van der Waals surface area contributed by atoms with E-state index in [0.29, 0.717) is 6.42 Å². The van der Waals surface area contributed by atoms with Gasteiger partial charge in [-0.2, -0.15) is 0 Å². The van der Waals surface area contributed by atoms with Gasteiger partial charge in [-0.25, -0.2) is 4.98 Å². The summed E-state index contributed by atoms with van der Waals surface area (Å²) in [5.74, 6) is -0.645. The van der Waals surface area contributed by atoms with Crippen LogP contribution in [0.4, 0.5) is 5.95 Å². The minimum atomic E-state index is -0.646. The number of aromatic amines is 1. The number of hydrogen-bond donors (Lipinski definition) is 3. The van der Waals surface area contributed by atoms with E-state index in [1.807, 2.05) is 24.6 Å². The average Bonchev–Trinajstić information content (AvgIpc) is 3.12. The van der Waals surface area contributed by atoms with Crippen LogP contribution in [0.3, 0.4) is 0 Å². The van der Waals surface area contributed by atoms with E-state index in [1.54, 1.807) is 0 Å². The van der Waals surface area contributed by atoms with Crippen LogP contribution in [-0.4, -0.2) is 21.8 Å². The molecule has 2 aromatic carbocycles. The molecule has 1 heterocycles. The van der Waals surface area contributed by atoms with Crippen LogP contribution < -0.4 is 11.1 Å². The Balaban J connectivity index is 1.46. The summed E-state index contributed by atoms with van der Waals surface area (Å²) >= 11 is 0. The molecule has 0 aliphatic carbocycles. The molecule has 6 heteroatoms. The van der Waals surface area contributed by atoms with Gasteiger partial charge in [-0.3, -0.25) is 14.9 Å². The monoisotopic (exact) mass is 347 g/mol. The van der Waals surface area contributed by atoms with Gasteiger partial charge in [-0.05, 0) is 29.5 Å². The summed E-state index contributed by atoms with van der Waals surface area (Å²) in [6.07, 6.45) is 4.18. The molecule has 4 N–H and O–H groups in total. The predicted molar refractivity (Wildman–Crippen MR) is 100 cm³/mol. The van der Waals surface area contributed by atoms with Crippen molar-refractivity contribution >= 4 is 17.8 Å². The highest BCUT2D eigenvalue weighted by molar-refractivity contribution is 5.93. The van der Waals surface area contributed by atoms with Gasteiger partial charge in [0.2, 0.25) is 11.9 Å². The van der Waals surface area contributed by atoms with Crippen molar-refractivity contribution < 1.29 is 9.59 Å². The molecule has 0 fully saturated rings. The minimum absolute atomic E-state index is 0.0859. The standard InChI is InChI=1S/C20H19N4O2/c21-19(26)17-13-22-20(23-17)24-18(25)8-4-5-14-9-11-16(12-10-14)15-6-2-1-3-7-15/h1-4,6-7,9-13H,5,8H2,(H2,21,26)(H2,22,23,24,25). The van der Waals surface area contributed by atoms with Crippen molar-refractivity contribution in [1.29, 1.82) is 0 Å². The van der Waals surface area contributed by atoms with E-state index in [2.05, 4.69) is 51.7 Å². The van der Waals surface area contributed by atoms with E-state index < -0.39 is 5.91 Å². The number of primary amides is 1. The number of amides is 2. The van der Waals surface area contributed by atoms with Crippen LogP contribution in [0.2, 0.25) is 0 Å². The molecule has 1 aromatic heterocycles. The second kappa shape index (κ2) is 8.11. The summed E-state index contributed by atoms with van der Waals surface area (Å²) in [5, 5.41) is 2.59. The highest BCUT2D eigenvalue weighted by atomic mass is 16.2. The summed E-state index contributed by atoms with van der Waals surface area (Å²) < 4.78 is 0. The topological polar surface area (TPSA) is 101 Å². The second-order valence-electron chi connectivity index (χ2n) is 5.81. The van der Waals surface area contributed by atoms with Crippen molar-refractivity contribution in [2.45, 2.75) is 12.8 Å². The van der Waals surface area contributed by atoms with E-state index >= 15 is 0 Å². The molecule has 131 valence electrons. The molecule has 2 amide bonds. The van der Waals surface area contributed by atoms with Gasteiger partial charge in [0.1, 0.15) is 5.69 Å². The molecular formula is C20H19N4O2. The van der Waals surface area contributed by atoms with Crippen molar-refractivity contribution in [3.05, 3.63) is 78.5 Å². The first-order valence-corrected chi connectivity index (χ1v) is 8.23. The molecule has 0 atom stereocenters. The third-order valence-corrected chi connectivity index (χ3v) is 3.86. The van der Waals surface area contributed by atoms with Crippen LogP contribution in [0, 0.1) is 6.42 Å². The zero-order chi connectivity index (χ0) is 18.4. The lowest BCUT2D eigenvalue weighted by Gasteiger charge is -2.05.